The van der Waals surface area contributed by atoms with Crippen LogP contribution in [0, 0.1) is 12.8 Å². The van der Waals surface area contributed by atoms with E-state index in [4.69, 9.17) is 18.9 Å². The molecule has 0 saturated carbocycles. The van der Waals surface area contributed by atoms with Gasteiger partial charge in [-0.3, -0.25) is 0 Å². The first-order chi connectivity index (χ1) is 13.7. The summed E-state index contributed by atoms with van der Waals surface area (Å²) in [5.41, 5.74) is 1.13. The molecule has 3 rings (SSSR count). The summed E-state index contributed by atoms with van der Waals surface area (Å²) < 4.78 is 16.9. The summed E-state index contributed by atoms with van der Waals surface area (Å²) in [6.07, 6.45) is 3.60. The molecule has 1 aliphatic heterocycles. The monoisotopic (exact) mass is 385 g/mol. The van der Waals surface area contributed by atoms with Crippen LogP contribution in [0.25, 0.3) is 0 Å². The van der Waals surface area contributed by atoms with Crippen molar-refractivity contribution in [2.45, 2.75) is 32.8 Å². The number of aryl methyl sites for hydroxylation is 1. The number of aliphatic imine (C=N–C) groups is 1. The SMILES string of the molecule is Cc1ccccc1OC(C)CN=C(NCCc1ccco1)NCC1CCOC1. The largest absolute Gasteiger partial charge is 0.489 e. The van der Waals surface area contributed by atoms with Gasteiger partial charge in [-0.2, -0.15) is 0 Å². The summed E-state index contributed by atoms with van der Waals surface area (Å²) in [7, 11) is 0. The van der Waals surface area contributed by atoms with Crippen molar-refractivity contribution in [3.05, 3.63) is 54.0 Å². The molecular formula is C22H31N3O3. The van der Waals surface area contributed by atoms with Gasteiger partial charge in [-0.05, 0) is 44.0 Å². The first-order valence-corrected chi connectivity index (χ1v) is 10.1. The van der Waals surface area contributed by atoms with Gasteiger partial charge in [-0.1, -0.05) is 18.2 Å². The van der Waals surface area contributed by atoms with Crippen LogP contribution < -0.4 is 15.4 Å². The zero-order valence-corrected chi connectivity index (χ0v) is 16.8. The van der Waals surface area contributed by atoms with Crippen LogP contribution in [0.2, 0.25) is 0 Å². The molecule has 2 unspecified atom stereocenters. The molecule has 1 aromatic carbocycles. The van der Waals surface area contributed by atoms with E-state index >= 15 is 0 Å². The number of rotatable bonds is 9. The third kappa shape index (κ3) is 6.60. The average molecular weight is 386 g/mol. The lowest BCUT2D eigenvalue weighted by Crippen LogP contribution is -2.41. The number of ether oxygens (including phenoxy) is 2. The normalized spacial score (nSPS) is 18.1. The summed E-state index contributed by atoms with van der Waals surface area (Å²) in [6.45, 7) is 7.96. The average Bonchev–Trinajstić information content (AvgIpc) is 3.39. The molecule has 6 heteroatoms. The number of nitrogens with one attached hydrogen (secondary N) is 2. The first kappa shape index (κ1) is 20.3. The number of nitrogens with zero attached hydrogens (tertiary/aromatic N) is 1. The second-order valence-corrected chi connectivity index (χ2v) is 7.25. The molecule has 1 aromatic heterocycles. The van der Waals surface area contributed by atoms with E-state index in [-0.39, 0.29) is 6.10 Å². The first-order valence-electron chi connectivity index (χ1n) is 10.1. The third-order valence-corrected chi connectivity index (χ3v) is 4.75. The van der Waals surface area contributed by atoms with Crippen molar-refractivity contribution in [2.75, 3.05) is 32.8 Å². The van der Waals surface area contributed by atoms with Crippen LogP contribution in [0.15, 0.2) is 52.1 Å². The van der Waals surface area contributed by atoms with Crippen LogP contribution in [0.1, 0.15) is 24.7 Å². The zero-order chi connectivity index (χ0) is 19.6. The second-order valence-electron chi connectivity index (χ2n) is 7.25. The van der Waals surface area contributed by atoms with Crippen LogP contribution in [-0.2, 0) is 11.2 Å². The number of guanidine groups is 1. The van der Waals surface area contributed by atoms with Crippen molar-refractivity contribution in [1.82, 2.24) is 10.6 Å². The number of benzene rings is 1. The summed E-state index contributed by atoms with van der Waals surface area (Å²) in [6, 6.07) is 12.0. The maximum absolute atomic E-state index is 6.04. The highest BCUT2D eigenvalue weighted by Gasteiger charge is 2.16. The molecule has 2 aromatic rings. The van der Waals surface area contributed by atoms with E-state index < -0.39 is 0 Å². The van der Waals surface area contributed by atoms with Gasteiger partial charge in [0.15, 0.2) is 5.96 Å². The molecule has 0 radical (unpaired) electrons. The van der Waals surface area contributed by atoms with Gasteiger partial charge >= 0.3 is 0 Å². The summed E-state index contributed by atoms with van der Waals surface area (Å²) in [5.74, 6) is 3.22. The molecule has 28 heavy (non-hydrogen) atoms. The van der Waals surface area contributed by atoms with Gasteiger partial charge in [-0.25, -0.2) is 4.99 Å². The fraction of sp³-hybridized carbons (Fsp3) is 0.500. The van der Waals surface area contributed by atoms with Crippen LogP contribution >= 0.6 is 0 Å². The molecule has 1 saturated heterocycles. The van der Waals surface area contributed by atoms with E-state index in [0.717, 1.165) is 62.2 Å². The number of hydrogen-bond donors (Lipinski definition) is 2. The Morgan fingerprint density at radius 3 is 2.89 bits per heavy atom. The Labute approximate surface area is 167 Å². The smallest absolute Gasteiger partial charge is 0.191 e. The second kappa shape index (κ2) is 10.8. The minimum absolute atomic E-state index is 0.0143. The van der Waals surface area contributed by atoms with Crippen molar-refractivity contribution in [3.63, 3.8) is 0 Å². The Hall–Kier alpha value is -2.47. The number of furan rings is 1. The summed E-state index contributed by atoms with van der Waals surface area (Å²) in [4.78, 5) is 4.73. The van der Waals surface area contributed by atoms with Crippen molar-refractivity contribution in [3.8, 4) is 5.75 Å². The molecular weight excluding hydrogens is 354 g/mol. The lowest BCUT2D eigenvalue weighted by atomic mass is 10.1. The molecule has 1 fully saturated rings. The van der Waals surface area contributed by atoms with Gasteiger partial charge in [0.2, 0.25) is 0 Å². The predicted molar refractivity (Wildman–Crippen MR) is 111 cm³/mol. The Balaban J connectivity index is 1.51. The van der Waals surface area contributed by atoms with Crippen molar-refractivity contribution in [1.29, 1.82) is 0 Å². The van der Waals surface area contributed by atoms with Crippen molar-refractivity contribution in [2.24, 2.45) is 10.9 Å². The topological polar surface area (TPSA) is 68.0 Å². The molecule has 1 aliphatic rings. The fourth-order valence-corrected chi connectivity index (χ4v) is 3.08. The van der Waals surface area contributed by atoms with E-state index in [0.29, 0.717) is 12.5 Å². The standard InChI is InChI=1S/C22H31N3O3/c1-17-6-3-4-8-21(17)28-18(2)14-24-22(25-15-19-10-13-26-16-19)23-11-9-20-7-5-12-27-20/h3-8,12,18-19H,9-11,13-16H2,1-2H3,(H2,23,24,25). The van der Waals surface area contributed by atoms with Gasteiger partial charge in [0, 0.05) is 32.0 Å². The molecule has 2 heterocycles. The molecule has 0 aliphatic carbocycles. The predicted octanol–water partition coefficient (Wildman–Crippen LogP) is 3.17. The van der Waals surface area contributed by atoms with Gasteiger partial charge < -0.3 is 24.5 Å². The molecule has 152 valence electrons. The highest BCUT2D eigenvalue weighted by Crippen LogP contribution is 2.17. The molecule has 0 amide bonds. The third-order valence-electron chi connectivity index (χ3n) is 4.75. The Morgan fingerprint density at radius 1 is 1.25 bits per heavy atom. The van der Waals surface area contributed by atoms with E-state index in [9.17, 15) is 0 Å². The van der Waals surface area contributed by atoms with E-state index in [1.165, 1.54) is 0 Å². The fourth-order valence-electron chi connectivity index (χ4n) is 3.08. The summed E-state index contributed by atoms with van der Waals surface area (Å²) >= 11 is 0. The Kier molecular flexibility index (Phi) is 7.79. The van der Waals surface area contributed by atoms with E-state index in [2.05, 4.69) is 23.6 Å². The molecule has 6 nitrogen and oxygen atoms in total. The highest BCUT2D eigenvalue weighted by molar-refractivity contribution is 5.79. The minimum Gasteiger partial charge on any atom is -0.489 e. The molecule has 0 spiro atoms. The maximum atomic E-state index is 6.04. The van der Waals surface area contributed by atoms with Crippen LogP contribution in [0.3, 0.4) is 0 Å². The molecule has 2 atom stereocenters. The van der Waals surface area contributed by atoms with Crippen molar-refractivity contribution < 1.29 is 13.9 Å². The van der Waals surface area contributed by atoms with Gasteiger partial charge in [0.25, 0.3) is 0 Å². The van der Waals surface area contributed by atoms with Gasteiger partial charge in [0.05, 0.1) is 19.4 Å². The molecule has 0 bridgehead atoms. The number of hydrogen-bond acceptors (Lipinski definition) is 4. The van der Waals surface area contributed by atoms with Crippen LogP contribution in [0.5, 0.6) is 5.75 Å². The lowest BCUT2D eigenvalue weighted by molar-refractivity contribution is 0.186. The number of para-hydroxylation sites is 1. The quantitative estimate of drug-likeness (QED) is 0.513. The highest BCUT2D eigenvalue weighted by atomic mass is 16.5. The summed E-state index contributed by atoms with van der Waals surface area (Å²) in [5, 5.41) is 6.84. The Morgan fingerprint density at radius 2 is 2.14 bits per heavy atom. The van der Waals surface area contributed by atoms with E-state index in [1.807, 2.05) is 37.3 Å². The lowest BCUT2D eigenvalue weighted by Gasteiger charge is -2.17. The maximum Gasteiger partial charge on any atom is 0.191 e. The van der Waals surface area contributed by atoms with Crippen LogP contribution in [-0.4, -0.2) is 44.9 Å². The van der Waals surface area contributed by atoms with Crippen molar-refractivity contribution >= 4 is 5.96 Å². The van der Waals surface area contributed by atoms with Gasteiger partial charge in [-0.15, -0.1) is 0 Å². The van der Waals surface area contributed by atoms with E-state index in [1.54, 1.807) is 6.26 Å². The minimum atomic E-state index is -0.0143. The zero-order valence-electron chi connectivity index (χ0n) is 16.8. The Bertz CT molecular complexity index is 724. The van der Waals surface area contributed by atoms with Gasteiger partial charge in [0.1, 0.15) is 17.6 Å². The van der Waals surface area contributed by atoms with Crippen LogP contribution in [0.4, 0.5) is 0 Å². The molecule has 2 N–H and O–H groups in total.